The first-order valence-electron chi connectivity index (χ1n) is 9.42. The number of fused-ring (bicyclic) bond motifs is 11. The summed E-state index contributed by atoms with van der Waals surface area (Å²) in [6.07, 6.45) is 6.53. The lowest BCUT2D eigenvalue weighted by molar-refractivity contribution is 1.25. The minimum atomic E-state index is 0.959. The highest BCUT2D eigenvalue weighted by molar-refractivity contribution is 6.12. The zero-order valence-electron chi connectivity index (χ0n) is 14.9. The molecule has 130 valence electrons. The predicted molar refractivity (Wildman–Crippen MR) is 112 cm³/mol. The summed E-state index contributed by atoms with van der Waals surface area (Å²) in [5.74, 6) is 0. The fourth-order valence-corrected chi connectivity index (χ4v) is 4.69. The summed E-state index contributed by atoms with van der Waals surface area (Å²) in [7, 11) is 0. The largest absolute Gasteiger partial charge is 0.290 e. The monoisotopic (exact) mass is 358 g/mol. The van der Waals surface area contributed by atoms with E-state index in [9.17, 15) is 0 Å². The van der Waals surface area contributed by atoms with Gasteiger partial charge in [0.05, 0.1) is 22.1 Å². The van der Waals surface area contributed by atoms with Crippen molar-refractivity contribution in [2.45, 2.75) is 6.42 Å². The third-order valence-corrected chi connectivity index (χ3v) is 5.91. The first-order valence-corrected chi connectivity index (χ1v) is 9.42. The van der Waals surface area contributed by atoms with E-state index >= 15 is 0 Å². The molecule has 4 heterocycles. The van der Waals surface area contributed by atoms with E-state index in [2.05, 4.69) is 56.8 Å². The number of hydrogen-bond acceptors (Lipinski definition) is 3. The van der Waals surface area contributed by atoms with Crippen molar-refractivity contribution in [3.8, 4) is 11.1 Å². The van der Waals surface area contributed by atoms with Crippen LogP contribution >= 0.6 is 0 Å². The molecule has 7 rings (SSSR count). The second-order valence-corrected chi connectivity index (χ2v) is 7.40. The molecule has 28 heavy (non-hydrogen) atoms. The smallest absolute Gasteiger partial charge is 0.146 e. The van der Waals surface area contributed by atoms with Crippen LogP contribution in [0.25, 0.3) is 49.6 Å². The van der Waals surface area contributed by atoms with Crippen molar-refractivity contribution in [3.05, 3.63) is 84.3 Å². The van der Waals surface area contributed by atoms with Crippen LogP contribution in [-0.4, -0.2) is 19.4 Å². The van der Waals surface area contributed by atoms with E-state index in [4.69, 9.17) is 4.98 Å². The molecule has 1 aliphatic carbocycles. The Kier molecular flexibility index (Phi) is 2.51. The number of hydrogen-bond donors (Lipinski definition) is 0. The average molecular weight is 358 g/mol. The van der Waals surface area contributed by atoms with E-state index in [1.807, 2.05) is 30.7 Å². The zero-order valence-corrected chi connectivity index (χ0v) is 14.9. The van der Waals surface area contributed by atoms with Gasteiger partial charge in [0.15, 0.2) is 0 Å². The lowest BCUT2D eigenvalue weighted by Crippen LogP contribution is -1.93. The molecule has 6 aromatic rings. The number of nitrogens with zero attached hydrogens (tertiary/aromatic N) is 4. The molecular formula is C24H14N4. The summed E-state index contributed by atoms with van der Waals surface area (Å²) in [6, 6.07) is 19.4. The van der Waals surface area contributed by atoms with E-state index in [-0.39, 0.29) is 0 Å². The molecule has 2 aromatic carbocycles. The number of rotatable bonds is 0. The number of imidazole rings is 1. The molecular weight excluding hydrogens is 344 g/mol. The summed E-state index contributed by atoms with van der Waals surface area (Å²) in [4.78, 5) is 14.0. The van der Waals surface area contributed by atoms with Crippen LogP contribution in [0, 0.1) is 0 Å². The molecule has 0 atom stereocenters. The Morgan fingerprint density at radius 1 is 0.786 bits per heavy atom. The lowest BCUT2D eigenvalue weighted by Gasteiger charge is -2.07. The van der Waals surface area contributed by atoms with Gasteiger partial charge in [-0.05, 0) is 59.0 Å². The standard InChI is InChI=1S/C24H14N4/c1-2-5-16-14(4-1)10-15-11-22-20(12-18(15)16)27-24-17-7-9-25-13-19(17)23-21(28(22)24)6-3-8-26-23/h1-9,11-13H,10H2. The number of benzene rings is 2. The summed E-state index contributed by atoms with van der Waals surface area (Å²) in [5, 5.41) is 2.12. The fraction of sp³-hybridized carbons (Fsp3) is 0.0417. The Morgan fingerprint density at radius 3 is 2.75 bits per heavy atom. The second-order valence-electron chi connectivity index (χ2n) is 7.40. The van der Waals surface area contributed by atoms with Crippen LogP contribution in [-0.2, 0) is 6.42 Å². The van der Waals surface area contributed by atoms with Gasteiger partial charge in [0.25, 0.3) is 0 Å². The molecule has 0 aliphatic heterocycles. The number of pyridine rings is 3. The van der Waals surface area contributed by atoms with Gasteiger partial charge in [0.2, 0.25) is 0 Å². The zero-order chi connectivity index (χ0) is 18.2. The molecule has 4 aromatic heterocycles. The van der Waals surface area contributed by atoms with E-state index in [0.717, 1.165) is 44.9 Å². The van der Waals surface area contributed by atoms with Gasteiger partial charge >= 0.3 is 0 Å². The molecule has 1 aliphatic rings. The van der Waals surface area contributed by atoms with Crippen molar-refractivity contribution < 1.29 is 0 Å². The highest BCUT2D eigenvalue weighted by Gasteiger charge is 2.21. The SMILES string of the molecule is c1ccc2c(c1)Cc1cc3c(cc1-2)nc1c2ccncc2c2ncccc2n31. The van der Waals surface area contributed by atoms with Crippen LogP contribution in [0.3, 0.4) is 0 Å². The summed E-state index contributed by atoms with van der Waals surface area (Å²) in [5.41, 5.74) is 10.5. The average Bonchev–Trinajstić information content (AvgIpc) is 3.30. The van der Waals surface area contributed by atoms with Crippen LogP contribution in [0.5, 0.6) is 0 Å². The maximum atomic E-state index is 5.05. The molecule has 0 saturated carbocycles. The topological polar surface area (TPSA) is 43.1 Å². The fourth-order valence-electron chi connectivity index (χ4n) is 4.69. The molecule has 0 amide bonds. The van der Waals surface area contributed by atoms with Gasteiger partial charge in [-0.15, -0.1) is 0 Å². The van der Waals surface area contributed by atoms with E-state index in [0.29, 0.717) is 0 Å². The summed E-state index contributed by atoms with van der Waals surface area (Å²) in [6.45, 7) is 0. The van der Waals surface area contributed by atoms with Crippen molar-refractivity contribution in [1.82, 2.24) is 19.4 Å². The Bertz CT molecular complexity index is 1590. The minimum Gasteiger partial charge on any atom is -0.290 e. The Hall–Kier alpha value is -3.79. The van der Waals surface area contributed by atoms with Crippen LogP contribution in [0.15, 0.2) is 73.2 Å². The van der Waals surface area contributed by atoms with Crippen LogP contribution in [0.1, 0.15) is 11.1 Å². The van der Waals surface area contributed by atoms with Crippen LogP contribution in [0.4, 0.5) is 0 Å². The second kappa shape index (κ2) is 4.93. The predicted octanol–water partition coefficient (Wildman–Crippen LogP) is 5.16. The van der Waals surface area contributed by atoms with Crippen molar-refractivity contribution in [3.63, 3.8) is 0 Å². The van der Waals surface area contributed by atoms with Crippen LogP contribution in [0.2, 0.25) is 0 Å². The molecule has 4 nitrogen and oxygen atoms in total. The van der Waals surface area contributed by atoms with Gasteiger partial charge in [-0.3, -0.25) is 14.4 Å². The van der Waals surface area contributed by atoms with Gasteiger partial charge in [-0.25, -0.2) is 4.98 Å². The minimum absolute atomic E-state index is 0.959. The van der Waals surface area contributed by atoms with Crippen molar-refractivity contribution in [1.29, 1.82) is 0 Å². The summed E-state index contributed by atoms with van der Waals surface area (Å²) < 4.78 is 2.25. The van der Waals surface area contributed by atoms with Gasteiger partial charge < -0.3 is 0 Å². The Morgan fingerprint density at radius 2 is 1.75 bits per heavy atom. The molecule has 0 fully saturated rings. The molecule has 0 spiro atoms. The van der Waals surface area contributed by atoms with Gasteiger partial charge in [-0.1, -0.05) is 24.3 Å². The van der Waals surface area contributed by atoms with Gasteiger partial charge in [-0.2, -0.15) is 0 Å². The quantitative estimate of drug-likeness (QED) is 0.352. The van der Waals surface area contributed by atoms with Crippen molar-refractivity contribution in [2.24, 2.45) is 0 Å². The molecule has 0 N–H and O–H groups in total. The summed E-state index contributed by atoms with van der Waals surface area (Å²) >= 11 is 0. The first kappa shape index (κ1) is 14.3. The van der Waals surface area contributed by atoms with Crippen molar-refractivity contribution in [2.75, 3.05) is 0 Å². The van der Waals surface area contributed by atoms with E-state index in [1.54, 1.807) is 0 Å². The Balaban J connectivity index is 1.70. The Labute approximate surface area is 160 Å². The molecule has 0 bridgehead atoms. The van der Waals surface area contributed by atoms with Crippen molar-refractivity contribution >= 4 is 38.5 Å². The normalized spacial score (nSPS) is 12.9. The van der Waals surface area contributed by atoms with Gasteiger partial charge in [0.1, 0.15) is 5.65 Å². The third kappa shape index (κ3) is 1.68. The first-order chi connectivity index (χ1) is 13.9. The van der Waals surface area contributed by atoms with Crippen LogP contribution < -0.4 is 0 Å². The number of aromatic nitrogens is 4. The molecule has 4 heteroatoms. The molecule has 0 unspecified atom stereocenters. The highest BCUT2D eigenvalue weighted by atomic mass is 15.0. The van der Waals surface area contributed by atoms with Gasteiger partial charge in [0, 0.05) is 29.4 Å². The highest BCUT2D eigenvalue weighted by Crippen LogP contribution is 2.40. The maximum absolute atomic E-state index is 5.05. The lowest BCUT2D eigenvalue weighted by atomic mass is 10.1. The van der Waals surface area contributed by atoms with E-state index in [1.165, 1.54) is 22.3 Å². The maximum Gasteiger partial charge on any atom is 0.146 e. The molecule has 0 radical (unpaired) electrons. The third-order valence-electron chi connectivity index (χ3n) is 5.91. The molecule has 0 saturated heterocycles. The van der Waals surface area contributed by atoms with E-state index < -0.39 is 0 Å².